The van der Waals surface area contributed by atoms with Crippen molar-refractivity contribution >= 4 is 11.6 Å². The molecule has 1 amide bonds. The standard InChI is InChI=1S/C15H22N2O2/c1-2-6-13-11-15(14(16)18,9-10-19-13)17-12-7-4-3-5-8-12/h3-5,7-8,13,17H,2,6,9-11H2,1H3,(H2,16,18). The van der Waals surface area contributed by atoms with Gasteiger partial charge in [0, 0.05) is 25.1 Å². The fourth-order valence-corrected chi connectivity index (χ4v) is 2.65. The van der Waals surface area contributed by atoms with Gasteiger partial charge in [-0.2, -0.15) is 0 Å². The van der Waals surface area contributed by atoms with Crippen LogP contribution in [-0.4, -0.2) is 24.2 Å². The first kappa shape index (κ1) is 13.9. The van der Waals surface area contributed by atoms with Crippen molar-refractivity contribution in [3.05, 3.63) is 30.3 Å². The van der Waals surface area contributed by atoms with Gasteiger partial charge in [-0.25, -0.2) is 0 Å². The number of carbonyl (C=O) groups is 1. The summed E-state index contributed by atoms with van der Waals surface area (Å²) in [6.07, 6.45) is 3.39. The summed E-state index contributed by atoms with van der Waals surface area (Å²) in [6.45, 7) is 2.70. The topological polar surface area (TPSA) is 64.3 Å². The van der Waals surface area contributed by atoms with E-state index in [1.54, 1.807) is 0 Å². The average molecular weight is 262 g/mol. The molecule has 104 valence electrons. The van der Waals surface area contributed by atoms with Crippen molar-refractivity contribution in [1.82, 2.24) is 0 Å². The van der Waals surface area contributed by atoms with Crippen molar-refractivity contribution in [3.63, 3.8) is 0 Å². The second kappa shape index (κ2) is 6.06. The van der Waals surface area contributed by atoms with E-state index in [9.17, 15) is 4.79 Å². The minimum atomic E-state index is -0.681. The lowest BCUT2D eigenvalue weighted by molar-refractivity contribution is -0.127. The van der Waals surface area contributed by atoms with Gasteiger partial charge in [-0.05, 0) is 18.6 Å². The number of nitrogens with two attached hydrogens (primary N) is 1. The van der Waals surface area contributed by atoms with Crippen LogP contribution in [0, 0.1) is 0 Å². The maximum absolute atomic E-state index is 11.9. The smallest absolute Gasteiger partial charge is 0.243 e. The lowest BCUT2D eigenvalue weighted by Gasteiger charge is -2.39. The van der Waals surface area contributed by atoms with Crippen LogP contribution in [0.1, 0.15) is 32.6 Å². The van der Waals surface area contributed by atoms with E-state index in [4.69, 9.17) is 10.5 Å². The maximum atomic E-state index is 11.9. The second-order valence-corrected chi connectivity index (χ2v) is 5.17. The van der Waals surface area contributed by atoms with E-state index < -0.39 is 5.54 Å². The van der Waals surface area contributed by atoms with Crippen LogP contribution < -0.4 is 11.1 Å². The number of rotatable bonds is 5. The summed E-state index contributed by atoms with van der Waals surface area (Å²) in [5.74, 6) is -0.291. The molecule has 0 saturated carbocycles. The number of anilines is 1. The molecule has 1 aliphatic rings. The molecule has 0 aliphatic carbocycles. The normalized spacial score (nSPS) is 26.9. The molecule has 2 unspecified atom stereocenters. The highest BCUT2D eigenvalue weighted by molar-refractivity contribution is 5.88. The van der Waals surface area contributed by atoms with Crippen LogP contribution in [0.2, 0.25) is 0 Å². The molecular formula is C15H22N2O2. The molecule has 0 aromatic heterocycles. The van der Waals surface area contributed by atoms with Gasteiger partial charge in [0.05, 0.1) is 6.10 Å². The van der Waals surface area contributed by atoms with Crippen LogP contribution in [-0.2, 0) is 9.53 Å². The lowest BCUT2D eigenvalue weighted by atomic mass is 9.84. The number of amides is 1. The third-order valence-electron chi connectivity index (χ3n) is 3.70. The Morgan fingerprint density at radius 3 is 2.84 bits per heavy atom. The number of hydrogen-bond acceptors (Lipinski definition) is 3. The number of benzene rings is 1. The van der Waals surface area contributed by atoms with E-state index in [1.807, 2.05) is 30.3 Å². The highest BCUT2D eigenvalue weighted by Gasteiger charge is 2.41. The Labute approximate surface area is 114 Å². The van der Waals surface area contributed by atoms with E-state index >= 15 is 0 Å². The number of hydrogen-bond donors (Lipinski definition) is 2. The molecule has 2 atom stereocenters. The summed E-state index contributed by atoms with van der Waals surface area (Å²) >= 11 is 0. The Bertz CT molecular complexity index is 419. The van der Waals surface area contributed by atoms with Crippen molar-refractivity contribution in [2.75, 3.05) is 11.9 Å². The van der Waals surface area contributed by atoms with E-state index in [2.05, 4.69) is 12.2 Å². The van der Waals surface area contributed by atoms with Gasteiger partial charge < -0.3 is 15.8 Å². The molecule has 19 heavy (non-hydrogen) atoms. The van der Waals surface area contributed by atoms with Gasteiger partial charge in [-0.15, -0.1) is 0 Å². The third-order valence-corrected chi connectivity index (χ3v) is 3.70. The molecule has 2 rings (SSSR count). The minimum absolute atomic E-state index is 0.113. The number of ether oxygens (including phenoxy) is 1. The van der Waals surface area contributed by atoms with Gasteiger partial charge in [-0.1, -0.05) is 31.5 Å². The fraction of sp³-hybridized carbons (Fsp3) is 0.533. The second-order valence-electron chi connectivity index (χ2n) is 5.17. The summed E-state index contributed by atoms with van der Waals surface area (Å²) < 4.78 is 5.71. The van der Waals surface area contributed by atoms with Gasteiger partial charge in [0.25, 0.3) is 0 Å². The third kappa shape index (κ3) is 3.26. The van der Waals surface area contributed by atoms with Crippen molar-refractivity contribution in [2.24, 2.45) is 5.73 Å². The summed E-state index contributed by atoms with van der Waals surface area (Å²) in [5.41, 5.74) is 5.90. The number of primary amides is 1. The SMILES string of the molecule is CCCC1CC(Nc2ccccc2)(C(N)=O)CCO1. The number of carbonyl (C=O) groups excluding carboxylic acids is 1. The summed E-state index contributed by atoms with van der Waals surface area (Å²) in [7, 11) is 0. The van der Waals surface area contributed by atoms with Crippen molar-refractivity contribution in [2.45, 2.75) is 44.2 Å². The molecule has 4 nitrogen and oxygen atoms in total. The van der Waals surface area contributed by atoms with E-state index in [0.717, 1.165) is 18.5 Å². The van der Waals surface area contributed by atoms with Crippen LogP contribution in [0.15, 0.2) is 30.3 Å². The molecule has 4 heteroatoms. The van der Waals surface area contributed by atoms with Crippen LogP contribution >= 0.6 is 0 Å². The first-order valence-electron chi connectivity index (χ1n) is 6.91. The van der Waals surface area contributed by atoms with Crippen LogP contribution in [0.5, 0.6) is 0 Å². The van der Waals surface area contributed by atoms with E-state index in [0.29, 0.717) is 19.4 Å². The van der Waals surface area contributed by atoms with E-state index in [-0.39, 0.29) is 12.0 Å². The molecular weight excluding hydrogens is 240 g/mol. The Morgan fingerprint density at radius 1 is 1.47 bits per heavy atom. The summed E-state index contributed by atoms with van der Waals surface area (Å²) in [6, 6.07) is 9.75. The predicted octanol–water partition coefficient (Wildman–Crippen LogP) is 2.30. The predicted molar refractivity (Wildman–Crippen MR) is 75.9 cm³/mol. The first-order valence-corrected chi connectivity index (χ1v) is 6.91. The fourth-order valence-electron chi connectivity index (χ4n) is 2.65. The van der Waals surface area contributed by atoms with Gasteiger partial charge in [0.15, 0.2) is 0 Å². The number of nitrogens with one attached hydrogen (secondary N) is 1. The number of para-hydroxylation sites is 1. The Balaban J connectivity index is 2.15. The Morgan fingerprint density at radius 2 is 2.21 bits per heavy atom. The van der Waals surface area contributed by atoms with Gasteiger partial charge >= 0.3 is 0 Å². The Hall–Kier alpha value is -1.55. The van der Waals surface area contributed by atoms with Crippen LogP contribution in [0.25, 0.3) is 0 Å². The molecule has 1 saturated heterocycles. The van der Waals surface area contributed by atoms with Gasteiger partial charge in [0.2, 0.25) is 5.91 Å². The van der Waals surface area contributed by atoms with E-state index in [1.165, 1.54) is 0 Å². The zero-order chi connectivity index (χ0) is 13.7. The van der Waals surface area contributed by atoms with Gasteiger partial charge in [-0.3, -0.25) is 4.79 Å². The molecule has 3 N–H and O–H groups in total. The molecule has 1 aromatic rings. The minimum Gasteiger partial charge on any atom is -0.378 e. The molecule has 0 radical (unpaired) electrons. The van der Waals surface area contributed by atoms with Crippen molar-refractivity contribution in [1.29, 1.82) is 0 Å². The highest BCUT2D eigenvalue weighted by Crippen LogP contribution is 2.30. The zero-order valence-corrected chi connectivity index (χ0v) is 11.4. The maximum Gasteiger partial charge on any atom is 0.243 e. The molecule has 1 aliphatic heterocycles. The molecule has 0 bridgehead atoms. The van der Waals surface area contributed by atoms with Gasteiger partial charge in [0.1, 0.15) is 5.54 Å². The Kier molecular flexibility index (Phi) is 4.43. The van der Waals surface area contributed by atoms with Crippen LogP contribution in [0.3, 0.4) is 0 Å². The molecule has 1 heterocycles. The average Bonchev–Trinajstić information content (AvgIpc) is 2.40. The summed E-state index contributed by atoms with van der Waals surface area (Å²) in [4.78, 5) is 11.9. The zero-order valence-electron chi connectivity index (χ0n) is 11.4. The highest BCUT2D eigenvalue weighted by atomic mass is 16.5. The summed E-state index contributed by atoms with van der Waals surface area (Å²) in [5, 5.41) is 3.33. The van der Waals surface area contributed by atoms with Crippen molar-refractivity contribution < 1.29 is 9.53 Å². The quantitative estimate of drug-likeness (QED) is 0.855. The lowest BCUT2D eigenvalue weighted by Crippen LogP contribution is -2.56. The molecule has 1 aromatic carbocycles. The van der Waals surface area contributed by atoms with Crippen molar-refractivity contribution in [3.8, 4) is 0 Å². The van der Waals surface area contributed by atoms with Crippen LogP contribution in [0.4, 0.5) is 5.69 Å². The molecule has 1 fully saturated rings. The molecule has 0 spiro atoms. The monoisotopic (exact) mass is 262 g/mol. The largest absolute Gasteiger partial charge is 0.378 e. The first-order chi connectivity index (χ1) is 9.16.